The van der Waals surface area contributed by atoms with Crippen molar-refractivity contribution in [2.24, 2.45) is 5.41 Å². The third kappa shape index (κ3) is 2.23. The van der Waals surface area contributed by atoms with Gasteiger partial charge in [-0.05, 0) is 37.2 Å². The molecule has 1 saturated carbocycles. The van der Waals surface area contributed by atoms with E-state index >= 15 is 0 Å². The molecule has 0 amide bonds. The Morgan fingerprint density at radius 2 is 1.75 bits per heavy atom. The van der Waals surface area contributed by atoms with Crippen LogP contribution in [-0.2, 0) is 0 Å². The third-order valence-corrected chi connectivity index (χ3v) is 2.84. The van der Waals surface area contributed by atoms with Crippen LogP contribution in [-0.4, -0.2) is 10.7 Å². The van der Waals surface area contributed by atoms with Gasteiger partial charge in [0.15, 0.2) is 0 Å². The summed E-state index contributed by atoms with van der Waals surface area (Å²) in [6.07, 6.45) is 5.58. The monoisotopic (exact) mass is 166 g/mol. The van der Waals surface area contributed by atoms with Gasteiger partial charge in [0, 0.05) is 0 Å². The fraction of sp³-hybridized carbons (Fsp3) is 0.727. The zero-order valence-electron chi connectivity index (χ0n) is 8.06. The van der Waals surface area contributed by atoms with E-state index in [-0.39, 0.29) is 0 Å². The van der Waals surface area contributed by atoms with Crippen LogP contribution in [0.4, 0.5) is 0 Å². The molecular formula is C11H18O. The highest BCUT2D eigenvalue weighted by Gasteiger charge is 2.34. The standard InChI is InChI=1S/C11H18O/c1-4-5-11(12)8-6-10(2,3)7-9-11/h5,12H,1,6-9H2,2-3H3. The van der Waals surface area contributed by atoms with Gasteiger partial charge < -0.3 is 5.11 Å². The highest BCUT2D eigenvalue weighted by Crippen LogP contribution is 2.40. The lowest BCUT2D eigenvalue weighted by Gasteiger charge is -2.38. The molecule has 1 heteroatoms. The summed E-state index contributed by atoms with van der Waals surface area (Å²) in [5.74, 6) is 0. The minimum Gasteiger partial charge on any atom is -0.385 e. The van der Waals surface area contributed by atoms with Gasteiger partial charge >= 0.3 is 0 Å². The van der Waals surface area contributed by atoms with Crippen molar-refractivity contribution in [1.29, 1.82) is 0 Å². The molecule has 0 heterocycles. The molecule has 0 radical (unpaired) electrons. The zero-order valence-corrected chi connectivity index (χ0v) is 8.06. The van der Waals surface area contributed by atoms with Crippen molar-refractivity contribution < 1.29 is 5.11 Å². The molecular weight excluding hydrogens is 148 g/mol. The fourth-order valence-corrected chi connectivity index (χ4v) is 1.69. The highest BCUT2D eigenvalue weighted by molar-refractivity contribution is 5.02. The van der Waals surface area contributed by atoms with Gasteiger partial charge in [0.2, 0.25) is 0 Å². The van der Waals surface area contributed by atoms with Gasteiger partial charge in [-0.15, -0.1) is 5.73 Å². The van der Waals surface area contributed by atoms with E-state index in [1.165, 1.54) is 0 Å². The molecule has 1 aliphatic rings. The van der Waals surface area contributed by atoms with E-state index in [2.05, 4.69) is 26.2 Å². The van der Waals surface area contributed by atoms with E-state index in [1.54, 1.807) is 6.08 Å². The molecule has 0 saturated heterocycles. The van der Waals surface area contributed by atoms with E-state index in [9.17, 15) is 5.11 Å². The molecule has 0 spiro atoms. The first kappa shape index (κ1) is 9.57. The summed E-state index contributed by atoms with van der Waals surface area (Å²) < 4.78 is 0. The molecule has 0 aromatic rings. The van der Waals surface area contributed by atoms with Crippen molar-refractivity contribution in [3.8, 4) is 0 Å². The Labute approximate surface area is 74.8 Å². The van der Waals surface area contributed by atoms with Gasteiger partial charge in [-0.3, -0.25) is 0 Å². The predicted octanol–water partition coefficient (Wildman–Crippen LogP) is 2.66. The molecule has 1 nitrogen and oxygen atoms in total. The van der Waals surface area contributed by atoms with Crippen LogP contribution < -0.4 is 0 Å². The van der Waals surface area contributed by atoms with Crippen LogP contribution in [0.1, 0.15) is 39.5 Å². The second-order valence-corrected chi connectivity index (χ2v) is 4.62. The van der Waals surface area contributed by atoms with Gasteiger partial charge in [-0.2, -0.15) is 0 Å². The maximum absolute atomic E-state index is 9.95. The lowest BCUT2D eigenvalue weighted by molar-refractivity contribution is 0.0151. The molecule has 0 aliphatic heterocycles. The van der Waals surface area contributed by atoms with Crippen LogP contribution in [0.3, 0.4) is 0 Å². The Morgan fingerprint density at radius 1 is 1.25 bits per heavy atom. The van der Waals surface area contributed by atoms with Crippen molar-refractivity contribution in [2.45, 2.75) is 45.1 Å². The minimum atomic E-state index is -0.614. The van der Waals surface area contributed by atoms with Crippen molar-refractivity contribution in [2.75, 3.05) is 0 Å². The van der Waals surface area contributed by atoms with Crippen molar-refractivity contribution >= 4 is 0 Å². The van der Waals surface area contributed by atoms with Crippen LogP contribution in [0.2, 0.25) is 0 Å². The number of aliphatic hydroxyl groups is 1. The first-order valence-electron chi connectivity index (χ1n) is 4.57. The normalized spacial score (nSPS) is 25.9. The summed E-state index contributed by atoms with van der Waals surface area (Å²) in [5, 5.41) is 9.95. The smallest absolute Gasteiger partial charge is 0.0901 e. The highest BCUT2D eigenvalue weighted by atomic mass is 16.3. The maximum atomic E-state index is 9.95. The summed E-state index contributed by atoms with van der Waals surface area (Å²) >= 11 is 0. The number of rotatable bonds is 1. The van der Waals surface area contributed by atoms with Crippen LogP contribution in [0.25, 0.3) is 0 Å². The van der Waals surface area contributed by atoms with Crippen LogP contribution >= 0.6 is 0 Å². The SMILES string of the molecule is C=C=CC1(O)CCC(C)(C)CC1. The Hall–Kier alpha value is -0.520. The largest absolute Gasteiger partial charge is 0.385 e. The van der Waals surface area contributed by atoms with Crippen molar-refractivity contribution in [3.63, 3.8) is 0 Å². The molecule has 68 valence electrons. The molecule has 1 N–H and O–H groups in total. The van der Waals surface area contributed by atoms with Gasteiger partial charge in [-0.1, -0.05) is 20.4 Å². The average molecular weight is 166 g/mol. The summed E-state index contributed by atoms with van der Waals surface area (Å²) in [6.45, 7) is 8.00. The summed E-state index contributed by atoms with van der Waals surface area (Å²) in [7, 11) is 0. The molecule has 0 aromatic carbocycles. The zero-order chi connectivity index (χ0) is 9.24. The third-order valence-electron chi connectivity index (χ3n) is 2.84. The molecule has 1 aliphatic carbocycles. The lowest BCUT2D eigenvalue weighted by atomic mass is 9.71. The van der Waals surface area contributed by atoms with E-state index in [1.807, 2.05) is 0 Å². The predicted molar refractivity (Wildman–Crippen MR) is 50.9 cm³/mol. The minimum absolute atomic E-state index is 0.404. The maximum Gasteiger partial charge on any atom is 0.0901 e. The van der Waals surface area contributed by atoms with Crippen LogP contribution in [0.5, 0.6) is 0 Å². The van der Waals surface area contributed by atoms with Crippen LogP contribution in [0.15, 0.2) is 18.4 Å². The fourth-order valence-electron chi connectivity index (χ4n) is 1.69. The van der Waals surface area contributed by atoms with E-state index in [0.29, 0.717) is 5.41 Å². The lowest BCUT2D eigenvalue weighted by Crippen LogP contribution is -2.34. The molecule has 1 fully saturated rings. The molecule has 0 unspecified atom stereocenters. The second-order valence-electron chi connectivity index (χ2n) is 4.62. The average Bonchev–Trinajstić information content (AvgIpc) is 1.98. The summed E-state index contributed by atoms with van der Waals surface area (Å²) in [4.78, 5) is 0. The van der Waals surface area contributed by atoms with Crippen LogP contribution in [0, 0.1) is 5.41 Å². The number of hydrogen-bond donors (Lipinski definition) is 1. The van der Waals surface area contributed by atoms with Gasteiger partial charge in [0.25, 0.3) is 0 Å². The number of hydrogen-bond acceptors (Lipinski definition) is 1. The first-order valence-corrected chi connectivity index (χ1v) is 4.57. The second kappa shape index (κ2) is 3.08. The Kier molecular flexibility index (Phi) is 2.46. The molecule has 0 aromatic heterocycles. The van der Waals surface area contributed by atoms with E-state index in [0.717, 1.165) is 25.7 Å². The molecule has 0 bridgehead atoms. The van der Waals surface area contributed by atoms with E-state index < -0.39 is 5.60 Å². The summed E-state index contributed by atoms with van der Waals surface area (Å²) in [5.41, 5.74) is 2.47. The Balaban J connectivity index is 2.61. The quantitative estimate of drug-likeness (QED) is 0.594. The summed E-state index contributed by atoms with van der Waals surface area (Å²) in [6, 6.07) is 0. The van der Waals surface area contributed by atoms with Gasteiger partial charge in [0.05, 0.1) is 5.60 Å². The molecule has 12 heavy (non-hydrogen) atoms. The molecule has 1 rings (SSSR count). The van der Waals surface area contributed by atoms with Crippen molar-refractivity contribution in [1.82, 2.24) is 0 Å². The molecule has 0 atom stereocenters. The Morgan fingerprint density at radius 3 is 2.17 bits per heavy atom. The van der Waals surface area contributed by atoms with E-state index in [4.69, 9.17) is 0 Å². The topological polar surface area (TPSA) is 20.2 Å². The van der Waals surface area contributed by atoms with Gasteiger partial charge in [-0.25, -0.2) is 0 Å². The van der Waals surface area contributed by atoms with Crippen molar-refractivity contribution in [3.05, 3.63) is 18.4 Å². The first-order chi connectivity index (χ1) is 5.47. The Bertz CT molecular complexity index is 199. The van der Waals surface area contributed by atoms with Gasteiger partial charge in [0.1, 0.15) is 0 Å².